The van der Waals surface area contributed by atoms with E-state index in [-0.39, 0.29) is 8.55 Å². The van der Waals surface area contributed by atoms with Gasteiger partial charge in [0.25, 0.3) is 0 Å². The molecule has 0 aromatic carbocycles. The van der Waals surface area contributed by atoms with Gasteiger partial charge >= 0.3 is 7.39 Å². The summed E-state index contributed by atoms with van der Waals surface area (Å²) >= 11 is 6.39. The molecule has 12 heavy (non-hydrogen) atoms. The Morgan fingerprint density at radius 2 is 2.33 bits per heavy atom. The highest BCUT2D eigenvalue weighted by atomic mass is 35.6. The maximum absolute atomic E-state index is 6.39. The average Bonchev–Trinajstić information content (AvgIpc) is 1.82. The predicted molar refractivity (Wildman–Crippen MR) is 63.9 cm³/mol. The van der Waals surface area contributed by atoms with E-state index >= 15 is 0 Å². The zero-order valence-electron chi connectivity index (χ0n) is 7.97. The highest BCUT2D eigenvalue weighted by Gasteiger charge is 2.41. The molecule has 0 amide bonds. The van der Waals surface area contributed by atoms with Crippen LogP contribution in [0.4, 0.5) is 0 Å². The zero-order valence-corrected chi connectivity index (χ0v) is 13.5. The van der Waals surface area contributed by atoms with Gasteiger partial charge in [0.15, 0.2) is 9.04 Å². The number of rotatable bonds is 2. The van der Waals surface area contributed by atoms with Gasteiger partial charge in [0.1, 0.15) is 0 Å². The molecule has 0 radical (unpaired) electrons. The van der Waals surface area contributed by atoms with Crippen molar-refractivity contribution in [2.75, 3.05) is 6.61 Å². The van der Waals surface area contributed by atoms with Crippen LogP contribution in [0.1, 0.15) is 0 Å². The van der Waals surface area contributed by atoms with Crippen LogP contribution in [0.15, 0.2) is 0 Å². The molecule has 72 valence electrons. The lowest BCUT2D eigenvalue weighted by Crippen LogP contribution is -2.55. The van der Waals surface area contributed by atoms with E-state index in [1.165, 1.54) is 6.04 Å². The number of hydrogen-bond acceptors (Lipinski definition) is 2. The summed E-state index contributed by atoms with van der Waals surface area (Å²) in [5.74, 6) is 0. The molecule has 1 aliphatic rings. The van der Waals surface area contributed by atoms with Crippen LogP contribution in [-0.4, -0.2) is 39.9 Å². The lowest BCUT2D eigenvalue weighted by Gasteiger charge is -2.32. The van der Waals surface area contributed by atoms with Crippen molar-refractivity contribution in [3.63, 3.8) is 0 Å². The second-order valence-electron chi connectivity index (χ2n) is 3.77. The van der Waals surface area contributed by atoms with Gasteiger partial charge in [-0.1, -0.05) is 6.55 Å². The molecule has 0 aromatic rings. The van der Waals surface area contributed by atoms with Gasteiger partial charge < -0.3 is 8.54 Å². The molecule has 0 saturated carbocycles. The standard InChI is InChI=1S/C5H17ClO2Si4/c1-10(2)8-12(6)7-4-5-11(3)9-12/h10-11H,4-5,9H2,1-3H3. The summed E-state index contributed by atoms with van der Waals surface area (Å²) < 4.78 is 11.5. The number of hydrogen-bond donors (Lipinski definition) is 0. The third kappa shape index (κ3) is 3.44. The first-order valence-electron chi connectivity index (χ1n) is 4.52. The van der Waals surface area contributed by atoms with Crippen molar-refractivity contribution < 1.29 is 8.54 Å². The summed E-state index contributed by atoms with van der Waals surface area (Å²) in [6.07, 6.45) is 0. The third-order valence-electron chi connectivity index (χ3n) is 1.93. The van der Waals surface area contributed by atoms with E-state index in [0.29, 0.717) is 0 Å². The van der Waals surface area contributed by atoms with Crippen molar-refractivity contribution >= 4 is 44.4 Å². The Morgan fingerprint density at radius 3 is 2.83 bits per heavy atom. The fourth-order valence-electron chi connectivity index (χ4n) is 1.42. The molecule has 2 unspecified atom stereocenters. The molecule has 0 spiro atoms. The van der Waals surface area contributed by atoms with Crippen molar-refractivity contribution in [1.29, 1.82) is 0 Å². The second-order valence-corrected chi connectivity index (χ2v) is 26.6. The quantitative estimate of drug-likeness (QED) is 0.520. The minimum atomic E-state index is -2.03. The van der Waals surface area contributed by atoms with Crippen molar-refractivity contribution in [1.82, 2.24) is 0 Å². The van der Waals surface area contributed by atoms with Crippen LogP contribution in [0, 0.1) is 0 Å². The molecule has 0 bridgehead atoms. The smallest absolute Gasteiger partial charge is 0.395 e. The lowest BCUT2D eigenvalue weighted by atomic mass is 10.9. The molecule has 0 N–H and O–H groups in total. The van der Waals surface area contributed by atoms with E-state index in [4.69, 9.17) is 19.6 Å². The Hall–Kier alpha value is 1.08. The minimum Gasteiger partial charge on any atom is -0.431 e. The maximum atomic E-state index is 6.39. The first-order valence-corrected chi connectivity index (χ1v) is 17.7. The summed E-state index contributed by atoms with van der Waals surface area (Å²) in [5, 5.41) is 0. The molecular weight excluding hydrogens is 240 g/mol. The predicted octanol–water partition coefficient (Wildman–Crippen LogP) is 0.213. The van der Waals surface area contributed by atoms with E-state index < -0.39 is 24.7 Å². The van der Waals surface area contributed by atoms with E-state index in [9.17, 15) is 0 Å². The first kappa shape index (κ1) is 11.2. The number of halogens is 1. The first-order chi connectivity index (χ1) is 5.52. The van der Waals surface area contributed by atoms with Crippen molar-refractivity contribution in [2.45, 2.75) is 25.7 Å². The van der Waals surface area contributed by atoms with E-state index in [2.05, 4.69) is 19.6 Å². The van der Waals surface area contributed by atoms with E-state index in [1.54, 1.807) is 0 Å². The molecule has 0 aliphatic carbocycles. The fraction of sp³-hybridized carbons (Fsp3) is 1.00. The van der Waals surface area contributed by atoms with Gasteiger partial charge in [-0.15, -0.1) is 11.1 Å². The Balaban J connectivity index is 2.45. The highest BCUT2D eigenvalue weighted by molar-refractivity contribution is 7.58. The monoisotopic (exact) mass is 256 g/mol. The van der Waals surface area contributed by atoms with Crippen LogP contribution in [0.25, 0.3) is 0 Å². The Kier molecular flexibility index (Phi) is 4.22. The molecule has 1 aliphatic heterocycles. The Labute approximate surface area is 85.3 Å². The summed E-state index contributed by atoms with van der Waals surface area (Å²) in [6.45, 7) is 7.66. The van der Waals surface area contributed by atoms with Crippen molar-refractivity contribution in [3.05, 3.63) is 0 Å². The largest absolute Gasteiger partial charge is 0.431 e. The topological polar surface area (TPSA) is 18.5 Å². The van der Waals surface area contributed by atoms with Gasteiger partial charge in [-0.2, -0.15) is 0 Å². The highest BCUT2D eigenvalue weighted by Crippen LogP contribution is 2.19. The van der Waals surface area contributed by atoms with Crippen LogP contribution in [-0.2, 0) is 8.54 Å². The van der Waals surface area contributed by atoms with Crippen molar-refractivity contribution in [3.8, 4) is 0 Å². The van der Waals surface area contributed by atoms with Crippen LogP contribution in [0.3, 0.4) is 0 Å². The average molecular weight is 257 g/mol. The van der Waals surface area contributed by atoms with Crippen LogP contribution >= 0.6 is 11.1 Å². The molecular formula is C5H17ClO2Si4. The molecule has 1 saturated heterocycles. The van der Waals surface area contributed by atoms with Gasteiger partial charge in [0.05, 0.1) is 8.55 Å². The Morgan fingerprint density at radius 1 is 1.67 bits per heavy atom. The molecule has 2 atom stereocenters. The molecule has 0 aromatic heterocycles. The third-order valence-corrected chi connectivity index (χ3v) is 31.1. The fourth-order valence-corrected chi connectivity index (χ4v) is 37.4. The summed E-state index contributed by atoms with van der Waals surface area (Å²) in [4.78, 5) is 0. The molecule has 1 rings (SSSR count). The normalized spacial score (nSPS) is 39.2. The van der Waals surface area contributed by atoms with Crippen molar-refractivity contribution in [2.24, 2.45) is 0 Å². The summed E-state index contributed by atoms with van der Waals surface area (Å²) in [7, 11) is -3.60. The van der Waals surface area contributed by atoms with Crippen LogP contribution < -0.4 is 0 Å². The van der Waals surface area contributed by atoms with Gasteiger partial charge in [-0.25, -0.2) is 0 Å². The van der Waals surface area contributed by atoms with Gasteiger partial charge in [-0.05, 0) is 19.1 Å². The minimum absolute atomic E-state index is 0.159. The zero-order chi connectivity index (χ0) is 9.19. The molecule has 7 heteroatoms. The van der Waals surface area contributed by atoms with Gasteiger partial charge in [0, 0.05) is 14.9 Å². The van der Waals surface area contributed by atoms with E-state index in [0.717, 1.165) is 6.61 Å². The summed E-state index contributed by atoms with van der Waals surface area (Å²) in [5.41, 5.74) is 0. The second kappa shape index (κ2) is 4.54. The molecule has 2 nitrogen and oxygen atoms in total. The van der Waals surface area contributed by atoms with Crippen LogP contribution in [0.5, 0.6) is 0 Å². The SMILES string of the molecule is C[SiH](C)O[Si]1(Cl)OCC[SiH](C)[SiH2]1. The maximum Gasteiger partial charge on any atom is 0.395 e. The molecule has 1 fully saturated rings. The summed E-state index contributed by atoms with van der Waals surface area (Å²) in [6, 6.07) is 1.33. The molecule has 1 heterocycles. The Bertz CT molecular complexity index is 154. The van der Waals surface area contributed by atoms with Gasteiger partial charge in [-0.3, -0.25) is 0 Å². The lowest BCUT2D eigenvalue weighted by molar-refractivity contribution is 0.288. The van der Waals surface area contributed by atoms with Crippen LogP contribution in [0.2, 0.25) is 25.7 Å². The van der Waals surface area contributed by atoms with Gasteiger partial charge in [0.2, 0.25) is 0 Å². The van der Waals surface area contributed by atoms with E-state index in [1.807, 2.05) is 0 Å².